The standard InChI is InChI=1S/C11H24O/c1-6-11(5,7-2)12-9-8-10(3)4/h10H,6-9H2,1-5H3. The molecule has 0 saturated heterocycles. The molecule has 0 aromatic heterocycles. The summed E-state index contributed by atoms with van der Waals surface area (Å²) in [5.74, 6) is 0.753. The first-order chi connectivity index (χ1) is 5.54. The molecule has 0 aromatic carbocycles. The van der Waals surface area contributed by atoms with Gasteiger partial charge in [-0.2, -0.15) is 0 Å². The first kappa shape index (κ1) is 12.0. The molecule has 0 spiro atoms. The Morgan fingerprint density at radius 1 is 1.17 bits per heavy atom. The van der Waals surface area contributed by atoms with Crippen molar-refractivity contribution >= 4 is 0 Å². The Kier molecular flexibility index (Phi) is 5.56. The predicted molar refractivity (Wildman–Crippen MR) is 54.4 cm³/mol. The Labute approximate surface area is 77.5 Å². The van der Waals surface area contributed by atoms with Crippen LogP contribution in [0.2, 0.25) is 0 Å². The van der Waals surface area contributed by atoms with E-state index in [-0.39, 0.29) is 5.60 Å². The summed E-state index contributed by atoms with van der Waals surface area (Å²) >= 11 is 0. The summed E-state index contributed by atoms with van der Waals surface area (Å²) in [6, 6.07) is 0. The fourth-order valence-electron chi connectivity index (χ4n) is 0.995. The number of hydrogen-bond acceptors (Lipinski definition) is 1. The minimum Gasteiger partial charge on any atom is -0.375 e. The lowest BCUT2D eigenvalue weighted by Crippen LogP contribution is -2.27. The van der Waals surface area contributed by atoms with Gasteiger partial charge in [-0.25, -0.2) is 0 Å². The van der Waals surface area contributed by atoms with Gasteiger partial charge in [0.25, 0.3) is 0 Å². The van der Waals surface area contributed by atoms with E-state index in [9.17, 15) is 0 Å². The summed E-state index contributed by atoms with van der Waals surface area (Å²) < 4.78 is 5.84. The van der Waals surface area contributed by atoms with Crippen LogP contribution in [-0.2, 0) is 4.74 Å². The first-order valence-corrected chi connectivity index (χ1v) is 5.18. The maximum absolute atomic E-state index is 5.84. The van der Waals surface area contributed by atoms with Crippen LogP contribution in [0.15, 0.2) is 0 Å². The minimum absolute atomic E-state index is 0.120. The lowest BCUT2D eigenvalue weighted by atomic mass is 10.00. The highest BCUT2D eigenvalue weighted by atomic mass is 16.5. The average Bonchev–Trinajstić information content (AvgIpc) is 2.03. The highest BCUT2D eigenvalue weighted by molar-refractivity contribution is 4.70. The molecule has 0 aromatic rings. The first-order valence-electron chi connectivity index (χ1n) is 5.18. The van der Waals surface area contributed by atoms with Gasteiger partial charge < -0.3 is 4.74 Å². The Morgan fingerprint density at radius 2 is 1.67 bits per heavy atom. The van der Waals surface area contributed by atoms with E-state index < -0.39 is 0 Å². The number of hydrogen-bond donors (Lipinski definition) is 0. The maximum atomic E-state index is 5.84. The predicted octanol–water partition coefficient (Wildman–Crippen LogP) is 3.63. The number of ether oxygens (including phenoxy) is 1. The van der Waals surface area contributed by atoms with Crippen LogP contribution in [0.4, 0.5) is 0 Å². The van der Waals surface area contributed by atoms with E-state index in [1.54, 1.807) is 0 Å². The summed E-state index contributed by atoms with van der Waals surface area (Å²) in [6.07, 6.45) is 3.40. The molecule has 0 saturated carbocycles. The summed E-state index contributed by atoms with van der Waals surface area (Å²) in [4.78, 5) is 0. The highest BCUT2D eigenvalue weighted by Gasteiger charge is 2.19. The third-order valence-electron chi connectivity index (χ3n) is 2.64. The molecule has 0 amide bonds. The SMILES string of the molecule is CCC(C)(CC)OCCC(C)C. The number of rotatable bonds is 6. The molecular weight excluding hydrogens is 148 g/mol. The van der Waals surface area contributed by atoms with Gasteiger partial charge >= 0.3 is 0 Å². The van der Waals surface area contributed by atoms with Crippen LogP contribution >= 0.6 is 0 Å². The zero-order chi connectivity index (χ0) is 9.61. The third-order valence-corrected chi connectivity index (χ3v) is 2.64. The molecule has 0 aliphatic rings. The molecule has 1 nitrogen and oxygen atoms in total. The second-order valence-electron chi connectivity index (χ2n) is 4.19. The van der Waals surface area contributed by atoms with Crippen molar-refractivity contribution in [3.8, 4) is 0 Å². The smallest absolute Gasteiger partial charge is 0.0649 e. The van der Waals surface area contributed by atoms with Gasteiger partial charge in [-0.3, -0.25) is 0 Å². The van der Waals surface area contributed by atoms with Crippen LogP contribution in [0.1, 0.15) is 53.9 Å². The molecule has 0 aliphatic carbocycles. The quantitative estimate of drug-likeness (QED) is 0.594. The van der Waals surface area contributed by atoms with Crippen molar-refractivity contribution < 1.29 is 4.74 Å². The summed E-state index contributed by atoms with van der Waals surface area (Å²) in [7, 11) is 0. The van der Waals surface area contributed by atoms with Crippen molar-refractivity contribution in [3.63, 3.8) is 0 Å². The van der Waals surface area contributed by atoms with E-state index in [0.717, 1.165) is 25.4 Å². The zero-order valence-electron chi connectivity index (χ0n) is 9.31. The Balaban J connectivity index is 3.58. The van der Waals surface area contributed by atoms with E-state index in [0.29, 0.717) is 0 Å². The van der Waals surface area contributed by atoms with Gasteiger partial charge in [0.15, 0.2) is 0 Å². The van der Waals surface area contributed by atoms with E-state index in [2.05, 4.69) is 34.6 Å². The van der Waals surface area contributed by atoms with Gasteiger partial charge in [0, 0.05) is 6.61 Å². The molecule has 0 fully saturated rings. The molecule has 1 heteroatoms. The third kappa shape index (κ3) is 4.76. The molecule has 0 heterocycles. The van der Waals surface area contributed by atoms with Crippen molar-refractivity contribution in [1.82, 2.24) is 0 Å². The van der Waals surface area contributed by atoms with E-state index >= 15 is 0 Å². The molecule has 0 aliphatic heterocycles. The van der Waals surface area contributed by atoms with Crippen molar-refractivity contribution in [2.75, 3.05) is 6.61 Å². The fourth-order valence-corrected chi connectivity index (χ4v) is 0.995. The van der Waals surface area contributed by atoms with Crippen LogP contribution in [0, 0.1) is 5.92 Å². The second kappa shape index (κ2) is 5.58. The van der Waals surface area contributed by atoms with Gasteiger partial charge in [0.1, 0.15) is 0 Å². The normalized spacial score (nSPS) is 12.5. The summed E-state index contributed by atoms with van der Waals surface area (Å²) in [5, 5.41) is 0. The van der Waals surface area contributed by atoms with Gasteiger partial charge in [-0.15, -0.1) is 0 Å². The highest BCUT2D eigenvalue weighted by Crippen LogP contribution is 2.19. The van der Waals surface area contributed by atoms with Gasteiger partial charge in [0.05, 0.1) is 5.60 Å². The van der Waals surface area contributed by atoms with Crippen LogP contribution in [0.25, 0.3) is 0 Å². The molecule has 12 heavy (non-hydrogen) atoms. The molecule has 0 rings (SSSR count). The topological polar surface area (TPSA) is 9.23 Å². The molecule has 0 unspecified atom stereocenters. The average molecular weight is 172 g/mol. The molecule has 0 N–H and O–H groups in total. The van der Waals surface area contributed by atoms with E-state index in [1.807, 2.05) is 0 Å². The maximum Gasteiger partial charge on any atom is 0.0649 e. The van der Waals surface area contributed by atoms with E-state index in [4.69, 9.17) is 4.74 Å². The van der Waals surface area contributed by atoms with Crippen molar-refractivity contribution in [1.29, 1.82) is 0 Å². The molecule has 0 atom stereocenters. The van der Waals surface area contributed by atoms with Crippen LogP contribution in [0.5, 0.6) is 0 Å². The van der Waals surface area contributed by atoms with Gasteiger partial charge in [0.2, 0.25) is 0 Å². The molecule has 74 valence electrons. The molecular formula is C11H24O. The van der Waals surface area contributed by atoms with Crippen LogP contribution < -0.4 is 0 Å². The van der Waals surface area contributed by atoms with Crippen molar-refractivity contribution in [2.24, 2.45) is 5.92 Å². The van der Waals surface area contributed by atoms with E-state index in [1.165, 1.54) is 6.42 Å². The Morgan fingerprint density at radius 3 is 2.00 bits per heavy atom. The van der Waals surface area contributed by atoms with Crippen molar-refractivity contribution in [3.05, 3.63) is 0 Å². The summed E-state index contributed by atoms with van der Waals surface area (Å²) in [6.45, 7) is 12.0. The van der Waals surface area contributed by atoms with Gasteiger partial charge in [-0.05, 0) is 32.1 Å². The fraction of sp³-hybridized carbons (Fsp3) is 1.00. The van der Waals surface area contributed by atoms with Crippen LogP contribution in [-0.4, -0.2) is 12.2 Å². The molecule has 0 bridgehead atoms. The monoisotopic (exact) mass is 172 g/mol. The lowest BCUT2D eigenvalue weighted by molar-refractivity contribution is -0.0410. The summed E-state index contributed by atoms with van der Waals surface area (Å²) in [5.41, 5.74) is 0.120. The van der Waals surface area contributed by atoms with Crippen molar-refractivity contribution in [2.45, 2.75) is 59.5 Å². The largest absolute Gasteiger partial charge is 0.375 e. The minimum atomic E-state index is 0.120. The Bertz CT molecular complexity index is 104. The molecule has 0 radical (unpaired) electrons. The van der Waals surface area contributed by atoms with Gasteiger partial charge in [-0.1, -0.05) is 27.7 Å². The zero-order valence-corrected chi connectivity index (χ0v) is 9.31. The lowest BCUT2D eigenvalue weighted by Gasteiger charge is -2.27. The second-order valence-corrected chi connectivity index (χ2v) is 4.19. The van der Waals surface area contributed by atoms with Crippen LogP contribution in [0.3, 0.4) is 0 Å². The Hall–Kier alpha value is -0.0400.